The molecule has 10 nitrogen and oxygen atoms in total. The molecule has 1 aliphatic carbocycles. The van der Waals surface area contributed by atoms with Crippen molar-refractivity contribution >= 4 is 17.2 Å². The van der Waals surface area contributed by atoms with Gasteiger partial charge in [0, 0.05) is 16.4 Å². The monoisotopic (exact) mass is 1210 g/mol. The first-order chi connectivity index (χ1) is 38.2. The van der Waals surface area contributed by atoms with E-state index in [0.29, 0.717) is 12.8 Å². The van der Waals surface area contributed by atoms with Crippen LogP contribution in [0.15, 0.2) is 48.5 Å². The van der Waals surface area contributed by atoms with Gasteiger partial charge in [0.2, 0.25) is 5.79 Å². The van der Waals surface area contributed by atoms with Crippen molar-refractivity contribution in [2.24, 2.45) is 16.2 Å². The maximum atomic E-state index is 11.0. The van der Waals surface area contributed by atoms with Crippen LogP contribution in [0.1, 0.15) is 289 Å². The first-order valence-electron chi connectivity index (χ1n) is 31.2. The molecule has 4 aliphatic rings. The van der Waals surface area contributed by atoms with E-state index >= 15 is 0 Å². The van der Waals surface area contributed by atoms with Gasteiger partial charge in [-0.1, -0.05) is 242 Å². The Hall–Kier alpha value is -2.66. The quantitative estimate of drug-likeness (QED) is 0.126. The van der Waals surface area contributed by atoms with E-state index in [-0.39, 0.29) is 48.1 Å². The molecule has 2 saturated heterocycles. The lowest BCUT2D eigenvalue weighted by Gasteiger charge is -2.69. The normalized spacial score (nSPS) is 22.6. The summed E-state index contributed by atoms with van der Waals surface area (Å²) in [5, 5.41) is 0. The molecular weight excluding hydrogens is 1100 g/mol. The summed E-state index contributed by atoms with van der Waals surface area (Å²) in [5.41, 5.74) is 10.4. The van der Waals surface area contributed by atoms with E-state index in [1.807, 2.05) is 13.8 Å². The topological polar surface area (TPSA) is 136 Å². The predicted octanol–water partition coefficient (Wildman–Crippen LogP) is 17.6. The molecule has 12 heteroatoms. The van der Waals surface area contributed by atoms with Crippen molar-refractivity contribution < 1.29 is 47.6 Å². The Bertz CT molecular complexity index is 3060. The third-order valence-corrected chi connectivity index (χ3v) is 19.8. The van der Waals surface area contributed by atoms with Gasteiger partial charge in [0.15, 0.2) is 6.29 Å². The Balaban J connectivity index is 1.79. The van der Waals surface area contributed by atoms with Gasteiger partial charge in [-0.25, -0.2) is 0 Å². The molecule has 85 heavy (non-hydrogen) atoms. The maximum Gasteiger partial charge on any atom is 0.327 e. The fourth-order valence-electron chi connectivity index (χ4n) is 14.0. The fraction of sp³-hybridized carbons (Fsp3) is 0.671. The van der Waals surface area contributed by atoms with E-state index in [4.69, 9.17) is 23.3 Å². The highest BCUT2D eigenvalue weighted by molar-refractivity contribution is 7.39. The molecule has 3 aliphatic heterocycles. The van der Waals surface area contributed by atoms with Gasteiger partial charge in [-0.2, -0.15) is 0 Å². The molecule has 2 unspecified atom stereocenters. The lowest BCUT2D eigenvalue weighted by atomic mass is 9.51. The van der Waals surface area contributed by atoms with Gasteiger partial charge >= 0.3 is 17.2 Å². The second-order valence-electron chi connectivity index (χ2n) is 35.6. The SMILES string of the molecule is CC(C)(C)c1cc2c(c(C(C)(C)C)c1)C1OC(C(C)(C)COP(O)O)(OC3(c4c(cc(C(C)(C)C)cc4C(C)(C)C)Cc4cc(C(C)(C)C)cc(C(C)(C)C)c43)C13COC(C(C)(C)COP(O)O)OC3)c1c(cc(C(C)(C)C)cc1C(C)(C)C)C2. The Morgan fingerprint density at radius 3 is 1.12 bits per heavy atom. The van der Waals surface area contributed by atoms with E-state index < -0.39 is 78.9 Å². The van der Waals surface area contributed by atoms with Crippen molar-refractivity contribution in [2.75, 3.05) is 26.4 Å². The van der Waals surface area contributed by atoms with Crippen molar-refractivity contribution in [3.63, 3.8) is 0 Å². The molecule has 2 spiro atoms. The molecule has 2 fully saturated rings. The number of ether oxygens (including phenoxy) is 4. The molecule has 2 atom stereocenters. The van der Waals surface area contributed by atoms with Crippen LogP contribution in [-0.4, -0.2) is 52.3 Å². The zero-order valence-electron chi connectivity index (χ0n) is 57.6. The molecule has 8 rings (SSSR count). The molecule has 0 aromatic heterocycles. The number of benzene rings is 4. The van der Waals surface area contributed by atoms with Crippen LogP contribution in [0.4, 0.5) is 0 Å². The van der Waals surface area contributed by atoms with E-state index in [1.165, 1.54) is 33.4 Å². The van der Waals surface area contributed by atoms with Crippen molar-refractivity contribution in [3.05, 3.63) is 138 Å². The summed E-state index contributed by atoms with van der Waals surface area (Å²) in [6.45, 7) is 63.7. The van der Waals surface area contributed by atoms with Gasteiger partial charge in [-0.15, -0.1) is 0 Å². The molecule has 4 aromatic carbocycles. The van der Waals surface area contributed by atoms with Gasteiger partial charge in [0.1, 0.15) is 11.7 Å². The first kappa shape index (κ1) is 68.3. The lowest BCUT2D eigenvalue weighted by Crippen LogP contribution is -2.72. The number of hydrogen-bond acceptors (Lipinski definition) is 10. The Kier molecular flexibility index (Phi) is 17.5. The smallest absolute Gasteiger partial charge is 0.327 e. The minimum Gasteiger partial charge on any atom is -0.351 e. The summed E-state index contributed by atoms with van der Waals surface area (Å²) in [7, 11) is -5.48. The molecule has 2 bridgehead atoms. The molecule has 3 heterocycles. The van der Waals surface area contributed by atoms with Crippen molar-refractivity contribution in [1.29, 1.82) is 0 Å². The van der Waals surface area contributed by atoms with Crippen LogP contribution in [-0.2, 0) is 95.5 Å². The third kappa shape index (κ3) is 12.3. The molecule has 0 amide bonds. The summed E-state index contributed by atoms with van der Waals surface area (Å²) in [4.78, 5) is 42.4. The van der Waals surface area contributed by atoms with Crippen molar-refractivity contribution in [2.45, 2.75) is 274 Å². The van der Waals surface area contributed by atoms with Crippen LogP contribution in [0, 0.1) is 16.2 Å². The average Bonchev–Trinajstić information content (AvgIpc) is 0.665. The number of rotatable bonds is 8. The molecular formula is C73H110O10P2. The van der Waals surface area contributed by atoms with Crippen LogP contribution in [0.3, 0.4) is 0 Å². The zero-order chi connectivity index (χ0) is 64.2. The van der Waals surface area contributed by atoms with Crippen molar-refractivity contribution in [3.8, 4) is 0 Å². The van der Waals surface area contributed by atoms with Gasteiger partial charge in [-0.3, -0.25) is 0 Å². The van der Waals surface area contributed by atoms with E-state index in [9.17, 15) is 24.3 Å². The molecule has 4 aromatic rings. The largest absolute Gasteiger partial charge is 0.351 e. The third-order valence-electron chi connectivity index (χ3n) is 19.1. The standard InChI is InChI=1S/C73H110O10P2/c1-61(2,3)47-31-43-29-46-34-50(64(10,11)12)38-54(68(22,23)24)58(46)73(70(27,28)40-81-85(76)77)82-59(55(43)51(35-47)65(13,14)15)71(41-78-60(79-42-71)69(25,26)39-80-84(74)75)72(83-73)56-44(32-48(62(4,5)6)36-52(56)66(16,17)18)30-45-33-49(63(7,8)9)37-53(57(45)72)67(19,20)21/h31-38,59-60,74-77H,29-30,39-42H2,1-28H3. The van der Waals surface area contributed by atoms with Crippen LogP contribution in [0.5, 0.6) is 0 Å². The lowest BCUT2D eigenvalue weighted by molar-refractivity contribution is -0.464. The van der Waals surface area contributed by atoms with Gasteiger partial charge in [0.25, 0.3) is 0 Å². The van der Waals surface area contributed by atoms with E-state index in [0.717, 1.165) is 55.6 Å². The van der Waals surface area contributed by atoms with E-state index in [1.54, 1.807) is 0 Å². The predicted molar refractivity (Wildman–Crippen MR) is 349 cm³/mol. The minimum absolute atomic E-state index is 0.0326. The molecule has 472 valence electrons. The summed E-state index contributed by atoms with van der Waals surface area (Å²) in [6.07, 6.45) is -0.539. The Labute approximate surface area is 516 Å². The highest BCUT2D eigenvalue weighted by Crippen LogP contribution is 2.73. The molecule has 0 radical (unpaired) electrons. The Morgan fingerprint density at radius 2 is 0.753 bits per heavy atom. The zero-order valence-corrected chi connectivity index (χ0v) is 59.4. The van der Waals surface area contributed by atoms with Gasteiger partial charge in [-0.05, 0) is 140 Å². The summed E-state index contributed by atoms with van der Waals surface area (Å²) in [5.74, 6) is -1.75. The van der Waals surface area contributed by atoms with Gasteiger partial charge < -0.3 is 47.6 Å². The second-order valence-corrected chi connectivity index (χ2v) is 37.1. The molecule has 4 N–H and O–H groups in total. The van der Waals surface area contributed by atoms with Crippen LogP contribution in [0.2, 0.25) is 0 Å². The summed E-state index contributed by atoms with van der Waals surface area (Å²) in [6, 6.07) is 19.6. The van der Waals surface area contributed by atoms with E-state index in [2.05, 4.69) is 229 Å². The first-order valence-corrected chi connectivity index (χ1v) is 33.5. The minimum atomic E-state index is -2.83. The van der Waals surface area contributed by atoms with Crippen LogP contribution in [0.25, 0.3) is 0 Å². The highest BCUT2D eigenvalue weighted by Gasteiger charge is 2.75. The van der Waals surface area contributed by atoms with Gasteiger partial charge in [0.05, 0.1) is 31.8 Å². The maximum absolute atomic E-state index is 11.0. The average molecular weight is 1210 g/mol. The fourth-order valence-corrected chi connectivity index (χ4v) is 14.9. The molecule has 0 saturated carbocycles. The summed E-state index contributed by atoms with van der Waals surface area (Å²) < 4.78 is 45.3. The highest BCUT2D eigenvalue weighted by atomic mass is 31.2. The Morgan fingerprint density at radius 1 is 0.424 bits per heavy atom. The number of hydrogen-bond donors (Lipinski definition) is 4. The van der Waals surface area contributed by atoms with Crippen LogP contribution < -0.4 is 0 Å². The second kappa shape index (κ2) is 21.8. The summed E-state index contributed by atoms with van der Waals surface area (Å²) >= 11 is 0. The van der Waals surface area contributed by atoms with Crippen LogP contribution >= 0.6 is 17.2 Å². The van der Waals surface area contributed by atoms with Crippen molar-refractivity contribution in [1.82, 2.24) is 0 Å². The number of fused-ring (bicyclic) bond motifs is 12.